The quantitative estimate of drug-likeness (QED) is 0.328. The number of hydrogen-bond acceptors (Lipinski definition) is 5. The summed E-state index contributed by atoms with van der Waals surface area (Å²) in [5.74, 6) is -1.04. The van der Waals surface area contributed by atoms with Crippen molar-refractivity contribution >= 4 is 34.0 Å². The molecule has 2 amide bonds. The van der Waals surface area contributed by atoms with E-state index < -0.39 is 11.8 Å². The molecule has 0 unspecified atom stereocenters. The van der Waals surface area contributed by atoms with E-state index >= 15 is 0 Å². The highest BCUT2D eigenvalue weighted by Crippen LogP contribution is 2.34. The van der Waals surface area contributed by atoms with Crippen molar-refractivity contribution in [2.75, 3.05) is 13.7 Å². The summed E-state index contributed by atoms with van der Waals surface area (Å²) < 4.78 is 5.51. The van der Waals surface area contributed by atoms with E-state index in [2.05, 4.69) is 31.8 Å². The van der Waals surface area contributed by atoms with Crippen molar-refractivity contribution in [3.05, 3.63) is 94.0 Å². The summed E-state index contributed by atoms with van der Waals surface area (Å²) in [5, 5.41) is 16.4. The van der Waals surface area contributed by atoms with E-state index in [0.717, 1.165) is 11.1 Å². The molecule has 164 valence electrons. The van der Waals surface area contributed by atoms with Gasteiger partial charge in [0.05, 0.1) is 30.3 Å². The van der Waals surface area contributed by atoms with Crippen LogP contribution < -0.4 is 15.5 Å². The van der Waals surface area contributed by atoms with Gasteiger partial charge >= 0.3 is 0 Å². The molecule has 0 saturated carbocycles. The van der Waals surface area contributed by atoms with E-state index in [-0.39, 0.29) is 24.0 Å². The second-order valence-corrected chi connectivity index (χ2v) is 7.67. The lowest BCUT2D eigenvalue weighted by atomic mass is 9.90. The summed E-state index contributed by atoms with van der Waals surface area (Å²) in [6.07, 6.45) is 1.41. The maximum absolute atomic E-state index is 12.9. The van der Waals surface area contributed by atoms with Crippen LogP contribution in [0.25, 0.3) is 0 Å². The molecule has 3 aromatic carbocycles. The van der Waals surface area contributed by atoms with Crippen molar-refractivity contribution in [1.29, 1.82) is 0 Å². The summed E-state index contributed by atoms with van der Waals surface area (Å²) in [4.78, 5) is 25.1. The molecule has 8 heteroatoms. The van der Waals surface area contributed by atoms with Gasteiger partial charge in [0, 0.05) is 0 Å². The SMILES string of the molecule is COc1cc(C=NNC(=O)CNC(=O)C(c2ccccc2)c2ccccc2)cc(Br)c1O. The van der Waals surface area contributed by atoms with Crippen molar-refractivity contribution in [3.63, 3.8) is 0 Å². The van der Waals surface area contributed by atoms with Crippen LogP contribution in [0.2, 0.25) is 0 Å². The van der Waals surface area contributed by atoms with Crippen LogP contribution in [0.1, 0.15) is 22.6 Å². The minimum absolute atomic E-state index is 0.0252. The number of methoxy groups -OCH3 is 1. The van der Waals surface area contributed by atoms with Gasteiger partial charge in [0.1, 0.15) is 0 Å². The monoisotopic (exact) mass is 495 g/mol. The Morgan fingerprint density at radius 1 is 1.06 bits per heavy atom. The average molecular weight is 496 g/mol. The lowest BCUT2D eigenvalue weighted by Gasteiger charge is -2.17. The van der Waals surface area contributed by atoms with Crippen LogP contribution in [-0.4, -0.2) is 36.8 Å². The van der Waals surface area contributed by atoms with E-state index in [1.165, 1.54) is 13.3 Å². The second kappa shape index (κ2) is 11.1. The van der Waals surface area contributed by atoms with E-state index in [1.54, 1.807) is 12.1 Å². The number of amides is 2. The Labute approximate surface area is 194 Å². The smallest absolute Gasteiger partial charge is 0.259 e. The molecule has 0 aliphatic rings. The van der Waals surface area contributed by atoms with E-state index in [4.69, 9.17) is 4.74 Å². The first-order valence-corrected chi connectivity index (χ1v) is 10.5. The number of ether oxygens (including phenoxy) is 1. The van der Waals surface area contributed by atoms with Gasteiger partial charge in [-0.15, -0.1) is 0 Å². The zero-order valence-corrected chi connectivity index (χ0v) is 18.9. The minimum atomic E-state index is -0.532. The molecule has 0 atom stereocenters. The summed E-state index contributed by atoms with van der Waals surface area (Å²) in [5.41, 5.74) is 4.64. The topological polar surface area (TPSA) is 100 Å². The van der Waals surface area contributed by atoms with Gasteiger partial charge in [0.15, 0.2) is 11.5 Å². The lowest BCUT2D eigenvalue weighted by Crippen LogP contribution is -2.37. The van der Waals surface area contributed by atoms with Crippen LogP contribution in [0, 0.1) is 0 Å². The summed E-state index contributed by atoms with van der Waals surface area (Å²) in [6.45, 7) is -0.227. The van der Waals surface area contributed by atoms with Crippen molar-refractivity contribution < 1.29 is 19.4 Å². The first kappa shape index (κ1) is 23.0. The van der Waals surface area contributed by atoms with Gasteiger partial charge in [0.2, 0.25) is 5.91 Å². The van der Waals surface area contributed by atoms with Gasteiger partial charge in [-0.25, -0.2) is 5.43 Å². The number of aromatic hydroxyl groups is 1. The normalized spacial score (nSPS) is 10.8. The van der Waals surface area contributed by atoms with Gasteiger partial charge in [-0.2, -0.15) is 5.10 Å². The number of phenolic OH excluding ortho intramolecular Hbond substituents is 1. The highest BCUT2D eigenvalue weighted by molar-refractivity contribution is 9.10. The number of hydrogen-bond donors (Lipinski definition) is 3. The molecule has 3 rings (SSSR count). The van der Waals surface area contributed by atoms with Gasteiger partial charge in [0.25, 0.3) is 5.91 Å². The number of carbonyl (C=O) groups excluding carboxylic acids is 2. The molecule has 0 saturated heterocycles. The summed E-state index contributed by atoms with van der Waals surface area (Å²) in [6, 6.07) is 22.0. The number of hydrazone groups is 1. The highest BCUT2D eigenvalue weighted by atomic mass is 79.9. The first-order chi connectivity index (χ1) is 15.5. The third-order valence-electron chi connectivity index (χ3n) is 4.62. The molecule has 0 aliphatic carbocycles. The maximum Gasteiger partial charge on any atom is 0.259 e. The standard InChI is InChI=1S/C24H22BrN3O4/c1-32-20-13-16(12-19(25)23(20)30)14-27-28-21(29)15-26-24(31)22(17-8-4-2-5-9-17)18-10-6-3-7-11-18/h2-14,22,30H,15H2,1H3,(H,26,31)(H,28,29). The van der Waals surface area contributed by atoms with Crippen molar-refractivity contribution in [1.82, 2.24) is 10.7 Å². The fourth-order valence-electron chi connectivity index (χ4n) is 3.10. The minimum Gasteiger partial charge on any atom is -0.503 e. The van der Waals surface area contributed by atoms with Crippen molar-refractivity contribution in [2.24, 2.45) is 5.10 Å². The lowest BCUT2D eigenvalue weighted by molar-refractivity contribution is -0.126. The number of benzene rings is 3. The molecule has 3 aromatic rings. The third kappa shape index (κ3) is 5.95. The fourth-order valence-corrected chi connectivity index (χ4v) is 3.56. The van der Waals surface area contributed by atoms with Gasteiger partial charge in [-0.05, 0) is 44.8 Å². The molecule has 0 bridgehead atoms. The van der Waals surface area contributed by atoms with Crippen molar-refractivity contribution in [3.8, 4) is 11.5 Å². The average Bonchev–Trinajstić information content (AvgIpc) is 2.81. The summed E-state index contributed by atoms with van der Waals surface area (Å²) in [7, 11) is 1.44. The van der Waals surface area contributed by atoms with Crippen molar-refractivity contribution in [2.45, 2.75) is 5.92 Å². The van der Waals surface area contributed by atoms with E-state index in [1.807, 2.05) is 60.7 Å². The fraction of sp³-hybridized carbons (Fsp3) is 0.125. The maximum atomic E-state index is 12.9. The van der Waals surface area contributed by atoms with Crippen LogP contribution in [0.15, 0.2) is 82.4 Å². The number of carbonyl (C=O) groups is 2. The molecule has 0 aliphatic heterocycles. The Kier molecular flexibility index (Phi) is 7.99. The number of rotatable bonds is 8. The molecular formula is C24H22BrN3O4. The van der Waals surface area contributed by atoms with Crippen LogP contribution in [0.3, 0.4) is 0 Å². The largest absolute Gasteiger partial charge is 0.503 e. The zero-order valence-electron chi connectivity index (χ0n) is 17.3. The highest BCUT2D eigenvalue weighted by Gasteiger charge is 2.22. The molecule has 0 radical (unpaired) electrons. The molecule has 0 fully saturated rings. The van der Waals surface area contributed by atoms with Crippen LogP contribution in [-0.2, 0) is 9.59 Å². The molecule has 0 heterocycles. The first-order valence-electron chi connectivity index (χ1n) is 9.75. The molecule has 3 N–H and O–H groups in total. The Morgan fingerprint density at radius 3 is 2.22 bits per heavy atom. The Bertz CT molecular complexity index is 1070. The molecule has 32 heavy (non-hydrogen) atoms. The van der Waals surface area contributed by atoms with Gasteiger partial charge in [-0.3, -0.25) is 9.59 Å². The Morgan fingerprint density at radius 2 is 1.66 bits per heavy atom. The van der Waals surface area contributed by atoms with Crippen LogP contribution in [0.4, 0.5) is 0 Å². The number of phenols is 1. The van der Waals surface area contributed by atoms with Crippen LogP contribution in [0.5, 0.6) is 11.5 Å². The van der Waals surface area contributed by atoms with E-state index in [0.29, 0.717) is 10.0 Å². The molecular weight excluding hydrogens is 474 g/mol. The zero-order chi connectivity index (χ0) is 22.9. The van der Waals surface area contributed by atoms with Crippen LogP contribution >= 0.6 is 15.9 Å². The van der Waals surface area contributed by atoms with E-state index in [9.17, 15) is 14.7 Å². The Balaban J connectivity index is 1.61. The predicted octanol–water partition coefficient (Wildman–Crippen LogP) is 3.56. The molecule has 7 nitrogen and oxygen atoms in total. The number of nitrogens with zero attached hydrogens (tertiary/aromatic N) is 1. The number of nitrogens with one attached hydrogen (secondary N) is 2. The number of halogens is 1. The second-order valence-electron chi connectivity index (χ2n) is 6.82. The summed E-state index contributed by atoms with van der Waals surface area (Å²) >= 11 is 3.22. The predicted molar refractivity (Wildman–Crippen MR) is 126 cm³/mol. The van der Waals surface area contributed by atoms with Gasteiger partial charge < -0.3 is 15.2 Å². The van der Waals surface area contributed by atoms with Gasteiger partial charge in [-0.1, -0.05) is 60.7 Å². The molecule has 0 spiro atoms. The third-order valence-corrected chi connectivity index (χ3v) is 5.23. The Hall–Kier alpha value is -3.65. The molecule has 0 aromatic heterocycles.